The number of hydrogen-bond donors (Lipinski definition) is 0. The molecule has 21 heavy (non-hydrogen) atoms. The van der Waals surface area contributed by atoms with E-state index in [0.29, 0.717) is 17.2 Å². The summed E-state index contributed by atoms with van der Waals surface area (Å²) in [5, 5.41) is 3.99. The maximum atomic E-state index is 11.6. The Kier molecular flexibility index (Phi) is 4.53. The van der Waals surface area contributed by atoms with Crippen LogP contribution in [0.1, 0.15) is 24.8 Å². The van der Waals surface area contributed by atoms with Crippen molar-refractivity contribution in [1.29, 1.82) is 0 Å². The van der Waals surface area contributed by atoms with E-state index >= 15 is 0 Å². The van der Waals surface area contributed by atoms with Gasteiger partial charge in [0, 0.05) is 23.4 Å². The highest BCUT2D eigenvalue weighted by molar-refractivity contribution is 6.01. The Morgan fingerprint density at radius 1 is 1.33 bits per heavy atom. The van der Waals surface area contributed by atoms with Crippen molar-refractivity contribution >= 4 is 23.5 Å². The molecule has 1 aliphatic rings. The zero-order valence-electron chi connectivity index (χ0n) is 11.1. The van der Waals surface area contributed by atoms with Crippen LogP contribution < -0.4 is 0 Å². The van der Waals surface area contributed by atoms with Crippen LogP contribution in [0, 0.1) is 0 Å². The van der Waals surface area contributed by atoms with Crippen LogP contribution in [0.5, 0.6) is 0 Å². The molecule has 1 saturated heterocycles. The van der Waals surface area contributed by atoms with E-state index in [1.54, 1.807) is 24.3 Å². The molecule has 0 radical (unpaired) electrons. The monoisotopic (exact) mass is 288 g/mol. The summed E-state index contributed by atoms with van der Waals surface area (Å²) in [6.07, 6.45) is 0.501. The molecule has 2 rings (SSSR count). The van der Waals surface area contributed by atoms with Crippen LogP contribution in [-0.4, -0.2) is 22.8 Å². The van der Waals surface area contributed by atoms with Crippen LogP contribution in [-0.2, 0) is 25.6 Å². The van der Waals surface area contributed by atoms with Crippen molar-refractivity contribution in [2.75, 3.05) is 0 Å². The smallest absolute Gasteiger partial charge is 0.330 e. The quantitative estimate of drug-likeness (QED) is 0.357. The first-order valence-corrected chi connectivity index (χ1v) is 6.31. The molecule has 0 bridgehead atoms. The Morgan fingerprint density at radius 3 is 2.71 bits per heavy atom. The van der Waals surface area contributed by atoms with Crippen molar-refractivity contribution in [3.8, 4) is 0 Å². The normalized spacial score (nSPS) is 14.0. The van der Waals surface area contributed by atoms with E-state index in [9.17, 15) is 14.4 Å². The number of rotatable bonds is 5. The first kappa shape index (κ1) is 14.5. The van der Waals surface area contributed by atoms with Crippen molar-refractivity contribution < 1.29 is 19.2 Å². The Hall–Kier alpha value is -2.86. The predicted octanol–water partition coefficient (Wildman–Crippen LogP) is 2.17. The van der Waals surface area contributed by atoms with Gasteiger partial charge in [-0.05, 0) is 23.6 Å². The van der Waals surface area contributed by atoms with Crippen molar-refractivity contribution in [2.45, 2.75) is 25.7 Å². The first-order chi connectivity index (χ1) is 10.1. The van der Waals surface area contributed by atoms with Gasteiger partial charge in [-0.1, -0.05) is 23.3 Å². The Morgan fingerprint density at radius 2 is 2.05 bits per heavy atom. The lowest BCUT2D eigenvalue weighted by molar-refractivity contribution is -0.197. The fourth-order valence-corrected chi connectivity index (χ4v) is 1.88. The number of azide groups is 1. The molecule has 0 atom stereocenters. The molecule has 0 spiro atoms. The Labute approximate surface area is 119 Å². The number of carbonyl (C=O) groups is 3. The second-order valence-corrected chi connectivity index (χ2v) is 4.40. The summed E-state index contributed by atoms with van der Waals surface area (Å²) in [6, 6.07) is 6.77. The van der Waals surface area contributed by atoms with Gasteiger partial charge in [-0.25, -0.2) is 4.79 Å². The number of carbonyl (C=O) groups excluding carboxylic acids is 3. The highest BCUT2D eigenvalue weighted by Gasteiger charge is 2.32. The maximum Gasteiger partial charge on any atom is 0.333 e. The molecule has 8 heteroatoms. The summed E-state index contributed by atoms with van der Waals surface area (Å²) in [5.74, 6) is -1.66. The van der Waals surface area contributed by atoms with E-state index in [2.05, 4.69) is 10.0 Å². The molecular weight excluding hydrogens is 276 g/mol. The minimum absolute atomic E-state index is 0.0107. The molecule has 0 unspecified atom stereocenters. The molecule has 8 nitrogen and oxygen atoms in total. The standard InChI is InChI=1S/C13H12N4O4/c14-16-15-10-3-1-2-9(8-10)4-7-13(20)21-17-11(18)5-6-12(17)19/h1-3,8H,4-7H2. The van der Waals surface area contributed by atoms with Gasteiger partial charge in [0.25, 0.3) is 11.8 Å². The number of hydrogen-bond acceptors (Lipinski definition) is 5. The van der Waals surface area contributed by atoms with E-state index in [0.717, 1.165) is 5.56 Å². The van der Waals surface area contributed by atoms with Gasteiger partial charge in [-0.2, -0.15) is 0 Å². The number of imide groups is 1. The summed E-state index contributed by atoms with van der Waals surface area (Å²) in [6.45, 7) is 0. The predicted molar refractivity (Wildman–Crippen MR) is 70.7 cm³/mol. The van der Waals surface area contributed by atoms with Gasteiger partial charge < -0.3 is 4.84 Å². The third-order valence-electron chi connectivity index (χ3n) is 2.89. The third-order valence-corrected chi connectivity index (χ3v) is 2.89. The van der Waals surface area contributed by atoms with Gasteiger partial charge in [-0.15, -0.1) is 5.06 Å². The molecule has 0 aromatic heterocycles. The summed E-state index contributed by atoms with van der Waals surface area (Å²) in [7, 11) is 0. The van der Waals surface area contributed by atoms with Gasteiger partial charge in [0.05, 0.1) is 6.42 Å². The number of hydroxylamine groups is 2. The van der Waals surface area contributed by atoms with Crippen LogP contribution >= 0.6 is 0 Å². The van der Waals surface area contributed by atoms with Crippen molar-refractivity contribution in [3.63, 3.8) is 0 Å². The van der Waals surface area contributed by atoms with E-state index in [1.807, 2.05) is 0 Å². The SMILES string of the molecule is [N-]=[N+]=Nc1cccc(CCC(=O)ON2C(=O)CCC2=O)c1. The number of amides is 2. The van der Waals surface area contributed by atoms with Gasteiger partial charge in [0.15, 0.2) is 0 Å². The summed E-state index contributed by atoms with van der Waals surface area (Å²) in [4.78, 5) is 41.6. The summed E-state index contributed by atoms with van der Waals surface area (Å²) >= 11 is 0. The maximum absolute atomic E-state index is 11.6. The molecule has 108 valence electrons. The van der Waals surface area contributed by atoms with Crippen molar-refractivity contribution in [1.82, 2.24) is 5.06 Å². The van der Waals surface area contributed by atoms with E-state index in [4.69, 9.17) is 10.4 Å². The topological polar surface area (TPSA) is 112 Å². The van der Waals surface area contributed by atoms with Gasteiger partial charge in [0.2, 0.25) is 0 Å². The zero-order valence-corrected chi connectivity index (χ0v) is 11.1. The lowest BCUT2D eigenvalue weighted by Crippen LogP contribution is -2.32. The summed E-state index contributed by atoms with van der Waals surface area (Å²) in [5.41, 5.74) is 9.59. The molecule has 2 amide bonds. The van der Waals surface area contributed by atoms with Crippen LogP contribution in [0.15, 0.2) is 29.4 Å². The number of benzene rings is 1. The average Bonchev–Trinajstić information content (AvgIpc) is 2.78. The molecule has 1 aromatic carbocycles. The van der Waals surface area contributed by atoms with Crippen LogP contribution in [0.2, 0.25) is 0 Å². The first-order valence-electron chi connectivity index (χ1n) is 6.31. The number of nitrogens with zero attached hydrogens (tertiary/aromatic N) is 4. The van der Waals surface area contributed by atoms with Crippen LogP contribution in [0.3, 0.4) is 0 Å². The largest absolute Gasteiger partial charge is 0.333 e. The summed E-state index contributed by atoms with van der Waals surface area (Å²) < 4.78 is 0. The Bertz CT molecular complexity index is 621. The van der Waals surface area contributed by atoms with Gasteiger partial charge >= 0.3 is 5.97 Å². The van der Waals surface area contributed by atoms with Gasteiger partial charge in [-0.3, -0.25) is 9.59 Å². The minimum Gasteiger partial charge on any atom is -0.330 e. The molecular formula is C13H12N4O4. The lowest BCUT2D eigenvalue weighted by atomic mass is 10.1. The van der Waals surface area contributed by atoms with E-state index < -0.39 is 17.8 Å². The highest BCUT2D eigenvalue weighted by Crippen LogP contribution is 2.17. The third kappa shape index (κ3) is 3.80. The fraction of sp³-hybridized carbons (Fsp3) is 0.308. The number of aryl methyl sites for hydroxylation is 1. The lowest BCUT2D eigenvalue weighted by Gasteiger charge is -2.12. The van der Waals surface area contributed by atoms with E-state index in [1.165, 1.54) is 0 Å². The zero-order chi connectivity index (χ0) is 15.2. The average molecular weight is 288 g/mol. The molecule has 1 aromatic rings. The van der Waals surface area contributed by atoms with Gasteiger partial charge in [0.1, 0.15) is 0 Å². The van der Waals surface area contributed by atoms with Crippen molar-refractivity contribution in [2.24, 2.45) is 5.11 Å². The molecule has 1 aliphatic heterocycles. The molecule has 0 saturated carbocycles. The molecule has 1 fully saturated rings. The molecule has 0 N–H and O–H groups in total. The second-order valence-electron chi connectivity index (χ2n) is 4.40. The highest BCUT2D eigenvalue weighted by atomic mass is 16.7. The van der Waals surface area contributed by atoms with E-state index in [-0.39, 0.29) is 19.3 Å². The molecule has 0 aliphatic carbocycles. The minimum atomic E-state index is -0.659. The van der Waals surface area contributed by atoms with Crippen LogP contribution in [0.4, 0.5) is 5.69 Å². The van der Waals surface area contributed by atoms with Crippen LogP contribution in [0.25, 0.3) is 10.4 Å². The second kappa shape index (κ2) is 6.53. The Balaban J connectivity index is 1.89. The van der Waals surface area contributed by atoms with Crippen molar-refractivity contribution in [3.05, 3.63) is 40.3 Å². The molecule has 1 heterocycles. The fourth-order valence-electron chi connectivity index (χ4n) is 1.88.